The molecule has 2 aliphatic carbocycles. The first-order chi connectivity index (χ1) is 15.4. The summed E-state index contributed by atoms with van der Waals surface area (Å²) in [5.74, 6) is 2.27. The summed E-state index contributed by atoms with van der Waals surface area (Å²) in [6.45, 7) is 10.9. The van der Waals surface area contributed by atoms with E-state index in [9.17, 15) is 4.79 Å². The van der Waals surface area contributed by atoms with E-state index in [0.29, 0.717) is 35.1 Å². The van der Waals surface area contributed by atoms with Crippen LogP contribution in [0.4, 0.5) is 5.95 Å². The Kier molecular flexibility index (Phi) is 6.04. The van der Waals surface area contributed by atoms with Crippen LogP contribution < -0.4 is 4.90 Å². The lowest BCUT2D eigenvalue weighted by atomic mass is 9.49. The SMILES string of the molecule is CCC1CN(C)CC(C)N1c1ncc(C2CCN(C3CC4(CC(C(C)=O)C4)C3)CC2)cn1. The Bertz CT molecular complexity index is 804. The zero-order valence-corrected chi connectivity index (χ0v) is 20.5. The third kappa shape index (κ3) is 4.09. The monoisotopic (exact) mass is 439 g/mol. The van der Waals surface area contributed by atoms with Gasteiger partial charge in [0.1, 0.15) is 5.78 Å². The van der Waals surface area contributed by atoms with Crippen LogP contribution in [0.3, 0.4) is 0 Å². The molecule has 1 aromatic rings. The molecule has 5 rings (SSSR count). The molecule has 176 valence electrons. The minimum absolute atomic E-state index is 0.367. The van der Waals surface area contributed by atoms with Gasteiger partial charge >= 0.3 is 0 Å². The summed E-state index contributed by atoms with van der Waals surface area (Å²) >= 11 is 0. The van der Waals surface area contributed by atoms with E-state index in [4.69, 9.17) is 9.97 Å². The van der Waals surface area contributed by atoms with Gasteiger partial charge in [-0.25, -0.2) is 9.97 Å². The van der Waals surface area contributed by atoms with Crippen LogP contribution in [0.5, 0.6) is 0 Å². The number of ketones is 1. The smallest absolute Gasteiger partial charge is 0.225 e. The molecule has 6 heteroatoms. The van der Waals surface area contributed by atoms with E-state index in [2.05, 4.69) is 48.0 Å². The number of carbonyl (C=O) groups excluding carboxylic acids is 1. The Morgan fingerprint density at radius 3 is 2.34 bits per heavy atom. The molecule has 1 aromatic heterocycles. The van der Waals surface area contributed by atoms with Gasteiger partial charge in [-0.2, -0.15) is 0 Å². The first kappa shape index (κ1) is 22.3. The Morgan fingerprint density at radius 1 is 1.09 bits per heavy atom. The maximum absolute atomic E-state index is 11.6. The van der Waals surface area contributed by atoms with E-state index >= 15 is 0 Å². The molecular formula is C26H41N5O. The number of piperazine rings is 1. The highest BCUT2D eigenvalue weighted by molar-refractivity contribution is 5.79. The normalized spacial score (nSPS) is 36.7. The Balaban J connectivity index is 1.13. The molecule has 2 unspecified atom stereocenters. The number of nitrogens with zero attached hydrogens (tertiary/aromatic N) is 5. The molecule has 2 saturated carbocycles. The Hall–Kier alpha value is -1.53. The molecule has 0 aromatic carbocycles. The standard InChI is InChI=1S/C26H41N5O/c1-5-23-17-29(4)16-18(2)31(23)25-27-14-22(15-28-25)20-6-8-30(9-7-20)24-12-26(13-24)10-21(11-26)19(3)32/h14-15,18,20-21,23-24H,5-13,16-17H2,1-4H3. The van der Waals surface area contributed by atoms with Gasteiger partial charge in [-0.15, -0.1) is 0 Å². The first-order valence-corrected chi connectivity index (χ1v) is 12.9. The maximum Gasteiger partial charge on any atom is 0.225 e. The highest BCUT2D eigenvalue weighted by Gasteiger charge is 2.55. The molecule has 4 aliphatic rings. The van der Waals surface area contributed by atoms with Crippen molar-refractivity contribution in [1.29, 1.82) is 0 Å². The number of anilines is 1. The number of hydrogen-bond acceptors (Lipinski definition) is 6. The van der Waals surface area contributed by atoms with Crippen molar-refractivity contribution in [3.63, 3.8) is 0 Å². The second kappa shape index (κ2) is 8.68. The van der Waals surface area contributed by atoms with Crippen LogP contribution in [0, 0.1) is 11.3 Å². The van der Waals surface area contributed by atoms with Crippen LogP contribution in [0.2, 0.25) is 0 Å². The molecule has 1 spiro atoms. The predicted molar refractivity (Wildman–Crippen MR) is 128 cm³/mol. The van der Waals surface area contributed by atoms with Crippen LogP contribution in [0.1, 0.15) is 77.2 Å². The van der Waals surface area contributed by atoms with Crippen LogP contribution in [0.25, 0.3) is 0 Å². The van der Waals surface area contributed by atoms with Gasteiger partial charge < -0.3 is 14.7 Å². The number of carbonyl (C=O) groups is 1. The van der Waals surface area contributed by atoms with E-state index in [1.807, 2.05) is 0 Å². The minimum atomic E-state index is 0.367. The number of likely N-dealkylation sites (tertiary alicyclic amines) is 1. The fourth-order valence-corrected chi connectivity index (χ4v) is 7.19. The minimum Gasteiger partial charge on any atom is -0.333 e. The van der Waals surface area contributed by atoms with Gasteiger partial charge in [0.05, 0.1) is 0 Å². The summed E-state index contributed by atoms with van der Waals surface area (Å²) in [5.41, 5.74) is 1.84. The average molecular weight is 440 g/mol. The van der Waals surface area contributed by atoms with E-state index < -0.39 is 0 Å². The molecule has 6 nitrogen and oxygen atoms in total. The molecular weight excluding hydrogens is 398 g/mol. The number of likely N-dealkylation sites (N-methyl/N-ethyl adjacent to an activating group) is 1. The van der Waals surface area contributed by atoms with Crippen molar-refractivity contribution in [2.75, 3.05) is 38.1 Å². The summed E-state index contributed by atoms with van der Waals surface area (Å²) in [6.07, 6.45) is 12.7. The second-order valence-electron chi connectivity index (χ2n) is 11.4. The number of hydrogen-bond donors (Lipinski definition) is 0. The van der Waals surface area contributed by atoms with Crippen LogP contribution >= 0.6 is 0 Å². The number of aromatic nitrogens is 2. The van der Waals surface area contributed by atoms with Gasteiger partial charge in [0.2, 0.25) is 5.95 Å². The highest BCUT2D eigenvalue weighted by Crippen LogP contribution is 2.60. The van der Waals surface area contributed by atoms with Crippen molar-refractivity contribution < 1.29 is 4.79 Å². The lowest BCUT2D eigenvalue weighted by Gasteiger charge is -2.60. The Labute approximate surface area is 193 Å². The number of piperidine rings is 1. The van der Waals surface area contributed by atoms with Crippen molar-refractivity contribution in [3.05, 3.63) is 18.0 Å². The zero-order chi connectivity index (χ0) is 22.5. The highest BCUT2D eigenvalue weighted by atomic mass is 16.1. The van der Waals surface area contributed by atoms with E-state index in [1.165, 1.54) is 44.3 Å². The van der Waals surface area contributed by atoms with Crippen molar-refractivity contribution in [3.8, 4) is 0 Å². The molecule has 32 heavy (non-hydrogen) atoms. The summed E-state index contributed by atoms with van der Waals surface area (Å²) in [5, 5.41) is 0. The largest absolute Gasteiger partial charge is 0.333 e. The topological polar surface area (TPSA) is 52.6 Å². The number of rotatable bonds is 5. The van der Waals surface area contributed by atoms with Gasteiger partial charge in [-0.3, -0.25) is 4.79 Å². The molecule has 4 fully saturated rings. The fraction of sp³-hybridized carbons (Fsp3) is 0.808. The second-order valence-corrected chi connectivity index (χ2v) is 11.4. The van der Waals surface area contributed by atoms with Crippen molar-refractivity contribution in [2.24, 2.45) is 11.3 Å². The quantitative estimate of drug-likeness (QED) is 0.697. The molecule has 3 heterocycles. The maximum atomic E-state index is 11.6. The molecule has 2 atom stereocenters. The third-order valence-electron chi connectivity index (χ3n) is 9.12. The summed E-state index contributed by atoms with van der Waals surface area (Å²) < 4.78 is 0. The molecule has 0 N–H and O–H groups in total. The summed E-state index contributed by atoms with van der Waals surface area (Å²) in [6, 6.07) is 1.69. The third-order valence-corrected chi connectivity index (χ3v) is 9.12. The first-order valence-electron chi connectivity index (χ1n) is 12.9. The van der Waals surface area contributed by atoms with Gasteiger partial charge in [-0.1, -0.05) is 6.92 Å². The van der Waals surface area contributed by atoms with Crippen LogP contribution in [-0.4, -0.2) is 76.9 Å². The van der Waals surface area contributed by atoms with Crippen molar-refractivity contribution >= 4 is 11.7 Å². The molecule has 2 saturated heterocycles. The molecule has 0 radical (unpaired) electrons. The van der Waals surface area contributed by atoms with Crippen LogP contribution in [0.15, 0.2) is 12.4 Å². The van der Waals surface area contributed by atoms with Gasteiger partial charge in [0.15, 0.2) is 0 Å². The lowest BCUT2D eigenvalue weighted by molar-refractivity contribution is -0.139. The predicted octanol–water partition coefficient (Wildman–Crippen LogP) is 3.72. The van der Waals surface area contributed by atoms with Gasteiger partial charge in [0.25, 0.3) is 0 Å². The van der Waals surface area contributed by atoms with E-state index in [-0.39, 0.29) is 0 Å². The van der Waals surface area contributed by atoms with Crippen molar-refractivity contribution in [1.82, 2.24) is 19.8 Å². The van der Waals surface area contributed by atoms with Gasteiger partial charge in [0, 0.05) is 49.5 Å². The fourth-order valence-electron chi connectivity index (χ4n) is 7.19. The molecule has 0 amide bonds. The summed E-state index contributed by atoms with van der Waals surface area (Å²) in [7, 11) is 2.21. The summed E-state index contributed by atoms with van der Waals surface area (Å²) in [4.78, 5) is 28.8. The lowest BCUT2D eigenvalue weighted by Crippen LogP contribution is -2.58. The van der Waals surface area contributed by atoms with E-state index in [1.54, 1.807) is 6.92 Å². The molecule has 0 bridgehead atoms. The molecule has 2 aliphatic heterocycles. The Morgan fingerprint density at radius 2 is 1.75 bits per heavy atom. The van der Waals surface area contributed by atoms with E-state index in [0.717, 1.165) is 44.3 Å². The zero-order valence-electron chi connectivity index (χ0n) is 20.5. The number of Topliss-reactive ketones (excluding diaryl/α,β-unsaturated/α-hetero) is 1. The van der Waals surface area contributed by atoms with Crippen LogP contribution in [-0.2, 0) is 4.79 Å². The van der Waals surface area contributed by atoms with Crippen molar-refractivity contribution in [2.45, 2.75) is 89.8 Å². The van der Waals surface area contributed by atoms with Gasteiger partial charge in [-0.05, 0) is 95.8 Å². The average Bonchev–Trinajstić information content (AvgIpc) is 2.71.